The van der Waals surface area contributed by atoms with Crippen LogP contribution >= 0.6 is 15.9 Å². The van der Waals surface area contributed by atoms with E-state index in [2.05, 4.69) is 15.9 Å². The van der Waals surface area contributed by atoms with Gasteiger partial charge in [0.15, 0.2) is 23.0 Å². The number of rotatable bonds is 7. The largest absolute Gasteiger partial charge is 0.502 e. The second-order valence-corrected chi connectivity index (χ2v) is 12.4. The summed E-state index contributed by atoms with van der Waals surface area (Å²) in [6, 6.07) is 7.21. The number of alkyl halides is 1. The van der Waals surface area contributed by atoms with Gasteiger partial charge in [-0.25, -0.2) is 0 Å². The number of phenols is 1. The van der Waals surface area contributed by atoms with Crippen molar-refractivity contribution in [3.63, 3.8) is 0 Å². The van der Waals surface area contributed by atoms with Crippen molar-refractivity contribution in [1.82, 2.24) is 0 Å². The molecule has 13 heteroatoms. The lowest BCUT2D eigenvalue weighted by molar-refractivity contribution is -0.183. The molecule has 1 aliphatic carbocycles. The Morgan fingerprint density at radius 1 is 0.955 bits per heavy atom. The average molecular weight is 677 g/mol. The fourth-order valence-corrected chi connectivity index (χ4v) is 7.84. The smallest absolute Gasteiger partial charge is 0.310 e. The van der Waals surface area contributed by atoms with Crippen molar-refractivity contribution in [2.24, 2.45) is 11.8 Å². The first kappa shape index (κ1) is 30.3. The van der Waals surface area contributed by atoms with Gasteiger partial charge in [0.1, 0.15) is 18.8 Å². The lowest BCUT2D eigenvalue weighted by Crippen LogP contribution is -2.53. The van der Waals surface area contributed by atoms with Crippen LogP contribution < -0.4 is 18.9 Å². The molecule has 2 fully saturated rings. The topological polar surface area (TPSA) is 145 Å². The zero-order valence-electron chi connectivity index (χ0n) is 24.6. The fraction of sp³-hybridized carbons (Fsp3) is 0.516. The maximum absolute atomic E-state index is 13.6. The molecule has 0 bridgehead atoms. The molecular formula is C31H33BrO12. The number of carbonyl (C=O) groups excluding carboxylic acids is 3. The first-order chi connectivity index (χ1) is 21.1. The van der Waals surface area contributed by atoms with E-state index in [1.165, 1.54) is 28.1 Å². The first-order valence-electron chi connectivity index (χ1n) is 14.3. The molecule has 2 saturated heterocycles. The monoisotopic (exact) mass is 676 g/mol. The van der Waals surface area contributed by atoms with E-state index in [1.54, 1.807) is 12.1 Å². The van der Waals surface area contributed by atoms with Crippen LogP contribution in [0.5, 0.6) is 28.7 Å². The molecule has 6 rings (SSSR count). The molecule has 2 aromatic carbocycles. The minimum Gasteiger partial charge on any atom is -0.502 e. The summed E-state index contributed by atoms with van der Waals surface area (Å²) in [5.41, 5.74) is 2.38. The highest BCUT2D eigenvalue weighted by molar-refractivity contribution is 9.09. The third kappa shape index (κ3) is 5.29. The van der Waals surface area contributed by atoms with Gasteiger partial charge in [0.2, 0.25) is 12.5 Å². The van der Waals surface area contributed by atoms with Gasteiger partial charge >= 0.3 is 17.9 Å². The predicted molar refractivity (Wildman–Crippen MR) is 154 cm³/mol. The van der Waals surface area contributed by atoms with Gasteiger partial charge < -0.3 is 43.0 Å². The van der Waals surface area contributed by atoms with Gasteiger partial charge in [-0.1, -0.05) is 15.9 Å². The molecule has 0 amide bonds. The van der Waals surface area contributed by atoms with Crippen molar-refractivity contribution in [2.75, 3.05) is 34.2 Å². The van der Waals surface area contributed by atoms with E-state index in [-0.39, 0.29) is 59.9 Å². The number of phenolic OH excluding ortho intramolecular Hbond substituents is 1. The molecule has 0 aromatic heterocycles. The van der Waals surface area contributed by atoms with E-state index >= 15 is 0 Å². The van der Waals surface area contributed by atoms with E-state index in [4.69, 9.17) is 37.9 Å². The Morgan fingerprint density at radius 3 is 2.23 bits per heavy atom. The number of aromatic hydroxyl groups is 1. The SMILES string of the molecule is COc1cc(C2c3cc4c(cc3C(C3CC(Br)C(OC(C)=O)C(COC(C)=O)O3)C3COC(=O)C23)OCO4)cc(OC)c1O. The molecule has 8 atom stereocenters. The molecule has 2 aromatic rings. The number of cyclic esters (lactones) is 1. The third-order valence-corrected chi connectivity index (χ3v) is 9.68. The highest BCUT2D eigenvalue weighted by Gasteiger charge is 2.56. The summed E-state index contributed by atoms with van der Waals surface area (Å²) in [5, 5.41) is 10.6. The summed E-state index contributed by atoms with van der Waals surface area (Å²) < 4.78 is 45.7. The van der Waals surface area contributed by atoms with Crippen molar-refractivity contribution < 1.29 is 57.4 Å². The van der Waals surface area contributed by atoms with Crippen LogP contribution in [-0.4, -0.2) is 80.4 Å². The van der Waals surface area contributed by atoms with Crippen molar-refractivity contribution >= 4 is 33.8 Å². The Balaban J connectivity index is 1.48. The lowest BCUT2D eigenvalue weighted by Gasteiger charge is -2.47. The Labute approximate surface area is 261 Å². The standard InChI is InChI=1S/C31H33BrO12/c1-13(33)39-11-25-30(43-14(2)34)19(32)9-22(44-25)27-17-8-21-20(41-12-42-21)7-16(17)26(28-18(27)10-40-31(28)36)15-5-23(37-3)29(35)24(6-15)38-4/h5-8,18-19,22,25-28,30,35H,9-12H2,1-4H3. The van der Waals surface area contributed by atoms with E-state index in [1.807, 2.05) is 12.1 Å². The highest BCUT2D eigenvalue weighted by atomic mass is 79.9. The van der Waals surface area contributed by atoms with Crippen molar-refractivity contribution in [3.8, 4) is 28.7 Å². The molecule has 1 N–H and O–H groups in total. The summed E-state index contributed by atoms with van der Waals surface area (Å²) in [6.07, 6.45) is -1.53. The maximum atomic E-state index is 13.6. The average Bonchev–Trinajstić information content (AvgIpc) is 3.61. The summed E-state index contributed by atoms with van der Waals surface area (Å²) in [7, 11) is 2.89. The Hall–Kier alpha value is -3.71. The summed E-state index contributed by atoms with van der Waals surface area (Å²) in [6.45, 7) is 2.70. The number of hydrogen-bond donors (Lipinski definition) is 1. The predicted octanol–water partition coefficient (Wildman–Crippen LogP) is 3.57. The summed E-state index contributed by atoms with van der Waals surface area (Å²) >= 11 is 3.71. The third-order valence-electron chi connectivity index (χ3n) is 8.79. The molecule has 0 spiro atoms. The van der Waals surface area contributed by atoms with Crippen molar-refractivity contribution in [1.29, 1.82) is 0 Å². The number of halogens is 1. The highest BCUT2D eigenvalue weighted by Crippen LogP contribution is 2.58. The van der Waals surface area contributed by atoms with Gasteiger partial charge in [0.25, 0.3) is 0 Å². The summed E-state index contributed by atoms with van der Waals surface area (Å²) in [4.78, 5) is 36.9. The van der Waals surface area contributed by atoms with Crippen LogP contribution in [0.1, 0.15) is 48.8 Å². The zero-order valence-corrected chi connectivity index (χ0v) is 26.2. The zero-order chi connectivity index (χ0) is 31.3. The van der Waals surface area contributed by atoms with Crippen LogP contribution in [0, 0.1) is 11.8 Å². The van der Waals surface area contributed by atoms with Gasteiger partial charge in [-0.3, -0.25) is 14.4 Å². The van der Waals surface area contributed by atoms with Gasteiger partial charge in [-0.05, 0) is 47.4 Å². The van der Waals surface area contributed by atoms with Crippen LogP contribution in [-0.2, 0) is 33.3 Å². The van der Waals surface area contributed by atoms with Gasteiger partial charge in [0.05, 0.1) is 37.7 Å². The number of carbonyl (C=O) groups is 3. The molecular weight excluding hydrogens is 644 g/mol. The quantitative estimate of drug-likeness (QED) is 0.260. The van der Waals surface area contributed by atoms with Crippen molar-refractivity contribution in [3.05, 3.63) is 41.0 Å². The van der Waals surface area contributed by atoms with E-state index in [0.717, 1.165) is 11.1 Å². The van der Waals surface area contributed by atoms with Crippen LogP contribution in [0.15, 0.2) is 24.3 Å². The number of fused-ring (bicyclic) bond motifs is 3. The van der Waals surface area contributed by atoms with Gasteiger partial charge in [-0.2, -0.15) is 0 Å². The number of methoxy groups -OCH3 is 2. The molecule has 12 nitrogen and oxygen atoms in total. The van der Waals surface area contributed by atoms with E-state index in [0.29, 0.717) is 23.5 Å². The second kappa shape index (κ2) is 12.0. The van der Waals surface area contributed by atoms with Crippen LogP contribution in [0.4, 0.5) is 0 Å². The number of esters is 3. The molecule has 4 aliphatic rings. The van der Waals surface area contributed by atoms with Crippen LogP contribution in [0.3, 0.4) is 0 Å². The van der Waals surface area contributed by atoms with Crippen LogP contribution in [0.25, 0.3) is 0 Å². The maximum Gasteiger partial charge on any atom is 0.310 e. The van der Waals surface area contributed by atoms with Crippen LogP contribution in [0.2, 0.25) is 0 Å². The van der Waals surface area contributed by atoms with Gasteiger partial charge in [0, 0.05) is 31.6 Å². The van der Waals surface area contributed by atoms with Gasteiger partial charge in [-0.15, -0.1) is 0 Å². The molecule has 8 unspecified atom stereocenters. The second-order valence-electron chi connectivity index (χ2n) is 11.3. The lowest BCUT2D eigenvalue weighted by atomic mass is 9.61. The Bertz CT molecular complexity index is 1450. The molecule has 44 heavy (non-hydrogen) atoms. The number of ether oxygens (including phenoxy) is 8. The Morgan fingerprint density at radius 2 is 1.61 bits per heavy atom. The minimum absolute atomic E-state index is 0.0568. The number of benzene rings is 2. The molecule has 0 saturated carbocycles. The molecule has 3 aliphatic heterocycles. The normalized spacial score (nSPS) is 30.1. The Kier molecular flexibility index (Phi) is 8.27. The first-order valence-corrected chi connectivity index (χ1v) is 15.2. The molecule has 236 valence electrons. The van der Waals surface area contributed by atoms with Crippen molar-refractivity contribution in [2.45, 2.75) is 55.2 Å². The minimum atomic E-state index is -0.761. The number of hydrogen-bond acceptors (Lipinski definition) is 12. The fourth-order valence-electron chi connectivity index (χ4n) is 7.03. The molecule has 0 radical (unpaired) electrons. The summed E-state index contributed by atoms with van der Waals surface area (Å²) in [5.74, 6) is -1.78. The van der Waals surface area contributed by atoms with E-state index in [9.17, 15) is 19.5 Å². The molecule has 3 heterocycles. The van der Waals surface area contributed by atoms with E-state index < -0.39 is 42.1 Å².